The Balaban J connectivity index is -0.0000000368. The Kier molecular flexibility index (Phi) is 246. The van der Waals surface area contributed by atoms with Crippen molar-refractivity contribution in [3.8, 4) is 0 Å². The maximum atomic E-state index is 10.2. The third-order valence-electron chi connectivity index (χ3n) is 24.6. The van der Waals surface area contributed by atoms with E-state index in [1.54, 1.807) is 14.1 Å². The number of hydrogen-bond donors (Lipinski definition) is 1. The summed E-state index contributed by atoms with van der Waals surface area (Å²) in [7, 11) is 30.0. The SMILES string of the molecule is C[N-]C1CCC(CC=C(Br)Br)CC1.C[N-]C1CCC(CC=O)CC1.C[N-]C1CCC(CO)CC1.C[N-]C1CCC(COCCBr)CC1.[CH2-]C(=O)N(C)C.[CH2-]C(=O)OC.[CH2-]C(C)(C)N(C)C.[CH2-]C(C)(C)N(C)C.[CH2-]C(C)=O.[CH2-]C1CCC([N-]C)CC1.[CH2-]C1CCC([N-]C)CC1.[CH2-]C1CCC([N-]C)CC1.[CH2-]C1CCC([N-]C)CC1.[CH2-]C1CCC([N-]C)CC1.[CH3-].[CH3-].[CH3-].[CH3-].[CH3-].[CH3-].[CH3-].[CH3-].[CH3-].[U].[V+2].[V+2].[V+2].[V+2].[V+2].[W+2].[W+2].[W+2].[W+2].[W+2].[W+2].[W+2].[W+2].[W+2]. The number of rotatable bonds is 20. The van der Waals surface area contributed by atoms with E-state index in [4.69, 9.17) is 9.84 Å². The molecule has 0 aromatic heterocycles. The number of amides is 1. The normalized spacial score (nSPS) is 23.3. The van der Waals surface area contributed by atoms with Crippen LogP contribution in [0.1, 0.15) is 279 Å². The molecule has 9 aliphatic rings. The zero-order valence-electron chi connectivity index (χ0n) is 97.1. The van der Waals surface area contributed by atoms with Crippen LogP contribution in [0.2, 0.25) is 0 Å². The van der Waals surface area contributed by atoms with Gasteiger partial charge in [-0.25, -0.2) is 0 Å². The topological polar surface area (TPSA) is 244 Å². The molecule has 9 rings (SSSR count). The van der Waals surface area contributed by atoms with Gasteiger partial charge in [-0.15, -0.1) is 65.5 Å². The molecule has 853 valence electrons. The van der Waals surface area contributed by atoms with Crippen molar-refractivity contribution in [2.75, 3.05) is 138 Å². The van der Waals surface area contributed by atoms with Gasteiger partial charge in [-0.2, -0.15) is 93.0 Å². The Labute approximate surface area is 1150 Å². The standard InChI is InChI=1S/C10H16Br2N.C10H19BrNO.C9H16NO.C8H16NO.5C8H15N.2C6H14N.C4H8NO.C3H5O2.C3H5O.9CH3.U.5V.9W/c1-13-9-5-2-8(3-6-9)4-7-10(11)12;1-12-10-4-2-9(3-5-10)8-13-7-6-11;1-10-9-4-2-8(3-5-9)6-7-11;1-9-8-4-2-7(6-10)3-5-8;5*1-7-3-5-8(9-2)6-4-7;2*1-6(2,3)7(4)5;1-4(6)5(2)3;1-3(4)5-2;1-3(2)4;;;;;;;;;;;;;;;;;;;;;;;;/h7-9H,2-6H2,1H3;9-10H,2-8H2,1H3;7-9H,2-6H2,1H3;7-8,10H,2-6H2,1H3;5*7-8H,1,3-6H2,2H3;2*1H2,2-5H3;1H2,2-3H3;1H2,2H3;1H2,2H3;9*1H3;;;;;;;;;;;;;;;/q4*-1;5*-2;14*-1;;14*+2. The summed E-state index contributed by atoms with van der Waals surface area (Å²) < 4.78 is 10.6. The van der Waals surface area contributed by atoms with Crippen LogP contribution in [0, 0.1) is 220 Å². The number of halogens is 3. The summed E-state index contributed by atoms with van der Waals surface area (Å²) in [6.45, 7) is 48.8. The summed E-state index contributed by atoms with van der Waals surface area (Å²) in [5.41, 5.74) is 0.167. The second-order valence-electron chi connectivity index (χ2n) is 36.5. The minimum atomic E-state index is -0.495. The number of esters is 1. The predicted octanol–water partition coefficient (Wildman–Crippen LogP) is 29.8. The van der Waals surface area contributed by atoms with E-state index in [1.165, 1.54) is 257 Å². The number of ketones is 1. The molecule has 145 heavy (non-hydrogen) atoms. The van der Waals surface area contributed by atoms with E-state index in [9.17, 15) is 19.2 Å². The summed E-state index contributed by atoms with van der Waals surface area (Å²) in [6.07, 6.45) is 50.5. The Morgan fingerprint density at radius 2 is 0.510 bits per heavy atom. The van der Waals surface area contributed by atoms with E-state index in [2.05, 4.69) is 213 Å². The van der Waals surface area contributed by atoms with Crippen LogP contribution < -0.4 is 0 Å². The number of aliphatic hydroxyl groups excluding tert-OH is 1. The van der Waals surface area contributed by atoms with Crippen LogP contribution in [0.15, 0.2) is 9.47 Å². The quantitative estimate of drug-likeness (QED) is 0.0400. The van der Waals surface area contributed by atoms with Crippen molar-refractivity contribution in [1.29, 1.82) is 0 Å². The van der Waals surface area contributed by atoms with Crippen molar-refractivity contribution in [1.82, 2.24) is 14.7 Å². The summed E-state index contributed by atoms with van der Waals surface area (Å²) in [5, 5.41) is 48.2. The minimum absolute atomic E-state index is 0. The average Bonchev–Trinajstić information content (AvgIpc) is 0.933. The van der Waals surface area contributed by atoms with Crippen molar-refractivity contribution in [2.24, 2.45) is 53.3 Å². The predicted molar refractivity (Wildman–Crippen MR) is 596 cm³/mol. The number of nitrogens with zero attached hydrogens (tertiary/aromatic N) is 12. The Hall–Kier alpha value is 8.72. The van der Waals surface area contributed by atoms with Crippen LogP contribution in [0.25, 0.3) is 47.9 Å². The van der Waals surface area contributed by atoms with Crippen molar-refractivity contribution in [3.05, 3.63) is 193 Å². The second-order valence-corrected chi connectivity index (χ2v) is 40.0. The molecule has 9 fully saturated rings. The fourth-order valence-electron chi connectivity index (χ4n) is 14.1. The van der Waals surface area contributed by atoms with Gasteiger partial charge in [0.25, 0.3) is 0 Å². The van der Waals surface area contributed by atoms with Crippen molar-refractivity contribution in [2.45, 2.75) is 344 Å². The Morgan fingerprint density at radius 3 is 0.634 bits per heavy atom. The van der Waals surface area contributed by atoms with Crippen LogP contribution in [0.5, 0.6) is 0 Å². The zero-order chi connectivity index (χ0) is 93.3. The molecule has 37 heteroatoms. The fraction of sp³-hybridized carbons (Fsp3) is 0.769. The largest absolute Gasteiger partial charge is 2.00 e. The average molecular weight is 4180 g/mol. The molecule has 0 aromatic carbocycles. The van der Waals surface area contributed by atoms with Crippen LogP contribution >= 0.6 is 47.8 Å². The first kappa shape index (κ1) is 230. The van der Waals surface area contributed by atoms with Crippen molar-refractivity contribution in [3.63, 3.8) is 0 Å². The fourth-order valence-corrected chi connectivity index (χ4v) is 14.7. The maximum Gasteiger partial charge on any atom is 2.00 e. The molecule has 0 aliphatic heterocycles. The maximum absolute atomic E-state index is 10.2. The molecule has 0 aromatic rings. The van der Waals surface area contributed by atoms with Gasteiger partial charge in [0.1, 0.15) is 6.29 Å². The molecule has 0 saturated heterocycles. The van der Waals surface area contributed by atoms with Crippen LogP contribution in [-0.2, 0) is 311 Å². The van der Waals surface area contributed by atoms with Gasteiger partial charge in [0.2, 0.25) is 0 Å². The number of hydrogen-bond acceptors (Lipinski definition) is 9. The summed E-state index contributed by atoms with van der Waals surface area (Å²) in [5.74, 6) is 5.71. The Morgan fingerprint density at radius 1 is 0.359 bits per heavy atom. The van der Waals surface area contributed by atoms with Crippen LogP contribution in [0.3, 0.4) is 0 Å². The first-order valence-electron chi connectivity index (χ1n) is 45.9. The molecule has 1 amide bonds. The van der Waals surface area contributed by atoms with Crippen molar-refractivity contribution >= 4 is 71.7 Å². The van der Waals surface area contributed by atoms with Gasteiger partial charge >= 0.3 is 282 Å². The number of aliphatic hydroxyl groups is 1. The molecule has 19 nitrogen and oxygen atoms in total. The number of carbonyl (C=O) groups excluding carboxylic acids is 4. The van der Waals surface area contributed by atoms with E-state index in [-0.39, 0.29) is 403 Å². The molecule has 0 heterocycles. The monoisotopic (exact) mass is 4180 g/mol. The number of aldehydes is 1. The van der Waals surface area contributed by atoms with Gasteiger partial charge in [-0.05, 0) is 129 Å². The summed E-state index contributed by atoms with van der Waals surface area (Å²) in [6, 6.07) is 5.72. The van der Waals surface area contributed by atoms with Gasteiger partial charge in [0, 0.05) is 70.2 Å². The molecule has 0 unspecified atom stereocenters. The van der Waals surface area contributed by atoms with Crippen LogP contribution in [-0.4, -0.2) is 247 Å². The first-order chi connectivity index (χ1) is 57.0. The van der Waals surface area contributed by atoms with E-state index in [0.717, 1.165) is 46.5 Å². The van der Waals surface area contributed by atoms with Gasteiger partial charge in [0.05, 0.1) is 23.0 Å². The number of ether oxygens (including phenoxy) is 2. The van der Waals surface area contributed by atoms with Gasteiger partial charge in [-0.1, -0.05) is 255 Å². The van der Waals surface area contributed by atoms with E-state index in [1.807, 2.05) is 91.6 Å². The molecule has 0 spiro atoms. The smallest absolute Gasteiger partial charge is 0.662 e. The third-order valence-corrected chi connectivity index (χ3v) is 25.6. The number of carbonyl (C=O) groups is 4. The van der Waals surface area contributed by atoms with Gasteiger partial charge in [-0.3, -0.25) is 11.7 Å². The number of methoxy groups -OCH3 is 1. The summed E-state index contributed by atoms with van der Waals surface area (Å²) >= 11 is 10.1. The molecule has 9 aliphatic carbocycles. The Bertz CT molecular complexity index is 2210. The van der Waals surface area contributed by atoms with E-state index < -0.39 is 5.97 Å². The molecular formula is C108H215Br3N12O7UV5W9. The number of allylic oxidation sites excluding steroid dienone is 1. The van der Waals surface area contributed by atoms with Crippen LogP contribution in [0.4, 0.5) is 0 Å². The van der Waals surface area contributed by atoms with Crippen molar-refractivity contribution < 1.29 is 347 Å². The molecule has 1 N–H and O–H groups in total. The number of alkyl halides is 1. The summed E-state index contributed by atoms with van der Waals surface area (Å²) in [4.78, 5) is 44.5. The van der Waals surface area contributed by atoms with Gasteiger partial charge < -0.3 is 221 Å². The number of Topliss-reactive ketones (excluding diaryl/α,β-unsaturated/α-hetero) is 1. The minimum Gasteiger partial charge on any atom is -0.662 e. The first-order valence-corrected chi connectivity index (χ1v) is 48.7. The third kappa shape index (κ3) is 155. The second kappa shape index (κ2) is 155. The zero-order valence-corrected chi connectivity index (χ0v) is 139. The van der Waals surface area contributed by atoms with E-state index in [0.29, 0.717) is 102 Å². The van der Waals surface area contributed by atoms with E-state index >= 15 is 0 Å². The molecular weight excluding hydrogens is 3960 g/mol. The molecule has 0 bridgehead atoms. The molecule has 0 atom stereocenters. The van der Waals surface area contributed by atoms with Gasteiger partial charge in [0.15, 0.2) is 5.97 Å². The molecule has 5 radical (unpaired) electrons. The molecule has 9 saturated carbocycles.